The summed E-state index contributed by atoms with van der Waals surface area (Å²) in [4.78, 5) is 4.28. The van der Waals surface area contributed by atoms with E-state index in [4.69, 9.17) is 0 Å². The van der Waals surface area contributed by atoms with Gasteiger partial charge in [0.15, 0.2) is 0 Å². The molecule has 1 unspecified atom stereocenters. The van der Waals surface area contributed by atoms with Crippen LogP contribution in [-0.4, -0.2) is 7.05 Å². The van der Waals surface area contributed by atoms with Gasteiger partial charge in [-0.05, 0) is 60.6 Å². The van der Waals surface area contributed by atoms with Crippen molar-refractivity contribution in [2.24, 2.45) is 0 Å². The van der Waals surface area contributed by atoms with Crippen molar-refractivity contribution < 1.29 is 0 Å². The fourth-order valence-corrected chi connectivity index (χ4v) is 4.46. The van der Waals surface area contributed by atoms with E-state index in [1.807, 2.05) is 29.7 Å². The Balaban J connectivity index is 2.16. The van der Waals surface area contributed by atoms with E-state index in [0.717, 1.165) is 6.42 Å². The molecule has 1 N–H and O–H groups in total. The molecule has 92 valence electrons. The average Bonchev–Trinajstić information content (AvgIpc) is 2.83. The van der Waals surface area contributed by atoms with Crippen LogP contribution in [0.2, 0.25) is 0 Å². The average molecular weight is 330 g/mol. The molecule has 4 heteroatoms. The second-order valence-electron chi connectivity index (χ2n) is 4.14. The van der Waals surface area contributed by atoms with Gasteiger partial charge in [0.25, 0.3) is 0 Å². The van der Waals surface area contributed by atoms with Gasteiger partial charge in [-0.1, -0.05) is 0 Å². The molecule has 1 atom stereocenters. The Kier molecular flexibility index (Phi) is 4.42. The van der Waals surface area contributed by atoms with Crippen LogP contribution in [-0.2, 0) is 6.42 Å². The first-order valence-electron chi connectivity index (χ1n) is 5.58. The summed E-state index contributed by atoms with van der Waals surface area (Å²) in [6.45, 7) is 4.38. The van der Waals surface area contributed by atoms with E-state index in [9.17, 15) is 0 Å². The molecule has 17 heavy (non-hydrogen) atoms. The molecule has 0 radical (unpaired) electrons. The van der Waals surface area contributed by atoms with Crippen LogP contribution in [0.4, 0.5) is 0 Å². The maximum atomic E-state index is 3.52. The second kappa shape index (κ2) is 5.65. The number of hydrogen-bond donors (Lipinski definition) is 1. The van der Waals surface area contributed by atoms with Gasteiger partial charge >= 0.3 is 0 Å². The summed E-state index contributed by atoms with van der Waals surface area (Å²) in [5.74, 6) is 0. The van der Waals surface area contributed by atoms with Crippen molar-refractivity contribution in [1.29, 1.82) is 0 Å². The molecule has 0 aliphatic carbocycles. The lowest BCUT2D eigenvalue weighted by Gasteiger charge is -2.13. The van der Waals surface area contributed by atoms with Crippen LogP contribution >= 0.6 is 38.6 Å². The zero-order chi connectivity index (χ0) is 12.4. The lowest BCUT2D eigenvalue weighted by molar-refractivity contribution is 0.606. The zero-order valence-electron chi connectivity index (χ0n) is 10.2. The standard InChI is InChI=1S/C13H16BrNS2/c1-8-6-12(16-9(8)2)11(15-3)7-10-4-5-13(14)17-10/h4-6,11,15H,7H2,1-3H3. The van der Waals surface area contributed by atoms with Crippen LogP contribution in [0.5, 0.6) is 0 Å². The molecule has 0 bridgehead atoms. The molecule has 2 aromatic heterocycles. The predicted octanol–water partition coefficient (Wildman–Crippen LogP) is 4.69. The highest BCUT2D eigenvalue weighted by molar-refractivity contribution is 9.11. The minimum atomic E-state index is 0.429. The number of rotatable bonds is 4. The molecule has 2 aromatic rings. The Morgan fingerprint density at radius 2 is 2.06 bits per heavy atom. The van der Waals surface area contributed by atoms with Crippen molar-refractivity contribution in [3.8, 4) is 0 Å². The highest BCUT2D eigenvalue weighted by Gasteiger charge is 2.14. The summed E-state index contributed by atoms with van der Waals surface area (Å²) >= 11 is 7.24. The molecule has 1 nitrogen and oxygen atoms in total. The van der Waals surface area contributed by atoms with Gasteiger partial charge in [-0.2, -0.15) is 0 Å². The Labute approximate surface area is 119 Å². The smallest absolute Gasteiger partial charge is 0.0701 e. The Morgan fingerprint density at radius 3 is 2.53 bits per heavy atom. The quantitative estimate of drug-likeness (QED) is 0.857. The maximum Gasteiger partial charge on any atom is 0.0701 e. The first-order valence-corrected chi connectivity index (χ1v) is 8.01. The highest BCUT2D eigenvalue weighted by atomic mass is 79.9. The summed E-state index contributed by atoms with van der Waals surface area (Å²) < 4.78 is 1.21. The third kappa shape index (κ3) is 3.19. The van der Waals surface area contributed by atoms with Gasteiger partial charge in [0.1, 0.15) is 0 Å². The van der Waals surface area contributed by atoms with E-state index < -0.39 is 0 Å². The van der Waals surface area contributed by atoms with E-state index in [1.54, 1.807) is 0 Å². The number of hydrogen-bond acceptors (Lipinski definition) is 3. The summed E-state index contributed by atoms with van der Waals surface area (Å²) in [7, 11) is 2.04. The highest BCUT2D eigenvalue weighted by Crippen LogP contribution is 2.31. The lowest BCUT2D eigenvalue weighted by Crippen LogP contribution is -2.17. The van der Waals surface area contributed by atoms with E-state index in [-0.39, 0.29) is 0 Å². The number of likely N-dealkylation sites (N-methyl/N-ethyl adjacent to an activating group) is 1. The van der Waals surface area contributed by atoms with Gasteiger partial charge in [0.2, 0.25) is 0 Å². The molecule has 0 spiro atoms. The molecule has 0 aromatic carbocycles. The third-order valence-electron chi connectivity index (χ3n) is 2.91. The summed E-state index contributed by atoms with van der Waals surface area (Å²) in [5, 5.41) is 3.42. The Hall–Kier alpha value is -0.160. The minimum absolute atomic E-state index is 0.429. The summed E-state index contributed by atoms with van der Waals surface area (Å²) in [6, 6.07) is 7.06. The zero-order valence-corrected chi connectivity index (χ0v) is 13.4. The number of nitrogens with one attached hydrogen (secondary N) is 1. The largest absolute Gasteiger partial charge is 0.312 e. The minimum Gasteiger partial charge on any atom is -0.312 e. The molecule has 0 aliphatic heterocycles. The normalized spacial score (nSPS) is 12.9. The fraction of sp³-hybridized carbons (Fsp3) is 0.385. The van der Waals surface area contributed by atoms with Crippen molar-refractivity contribution in [2.75, 3.05) is 7.05 Å². The Morgan fingerprint density at radius 1 is 1.29 bits per heavy atom. The van der Waals surface area contributed by atoms with E-state index in [0.29, 0.717) is 6.04 Å². The van der Waals surface area contributed by atoms with Crippen LogP contribution < -0.4 is 5.32 Å². The maximum absolute atomic E-state index is 3.52. The molecule has 0 saturated carbocycles. The number of halogens is 1. The van der Waals surface area contributed by atoms with Crippen LogP contribution in [0.25, 0.3) is 0 Å². The van der Waals surface area contributed by atoms with Crippen LogP contribution in [0.15, 0.2) is 22.0 Å². The topological polar surface area (TPSA) is 12.0 Å². The van der Waals surface area contributed by atoms with Gasteiger partial charge in [0, 0.05) is 27.1 Å². The second-order valence-corrected chi connectivity index (χ2v) is 7.97. The summed E-state index contributed by atoms with van der Waals surface area (Å²) in [5.41, 5.74) is 1.40. The van der Waals surface area contributed by atoms with Gasteiger partial charge < -0.3 is 5.32 Å². The van der Waals surface area contributed by atoms with Crippen LogP contribution in [0, 0.1) is 13.8 Å². The predicted molar refractivity (Wildman–Crippen MR) is 81.3 cm³/mol. The first kappa shape index (κ1) is 13.3. The van der Waals surface area contributed by atoms with Crippen molar-refractivity contribution in [1.82, 2.24) is 5.32 Å². The molecular weight excluding hydrogens is 314 g/mol. The van der Waals surface area contributed by atoms with E-state index >= 15 is 0 Å². The molecule has 0 fully saturated rings. The molecular formula is C13H16BrNS2. The molecule has 0 saturated heterocycles. The number of thiophene rings is 2. The van der Waals surface area contributed by atoms with E-state index in [1.165, 1.54) is 24.0 Å². The first-order chi connectivity index (χ1) is 8.10. The van der Waals surface area contributed by atoms with Crippen LogP contribution in [0.3, 0.4) is 0 Å². The lowest BCUT2D eigenvalue weighted by atomic mass is 10.1. The van der Waals surface area contributed by atoms with Gasteiger partial charge in [-0.25, -0.2) is 0 Å². The molecule has 2 heterocycles. The fourth-order valence-electron chi connectivity index (χ4n) is 1.78. The van der Waals surface area contributed by atoms with Crippen LogP contribution in [0.1, 0.15) is 26.2 Å². The van der Waals surface area contributed by atoms with Gasteiger partial charge in [-0.15, -0.1) is 22.7 Å². The van der Waals surface area contributed by atoms with Gasteiger partial charge in [-0.3, -0.25) is 0 Å². The van der Waals surface area contributed by atoms with E-state index in [2.05, 4.69) is 53.3 Å². The molecule has 0 aliphatic rings. The third-order valence-corrected chi connectivity index (χ3v) is 5.82. The molecule has 0 amide bonds. The van der Waals surface area contributed by atoms with Crippen molar-refractivity contribution in [3.05, 3.63) is 42.2 Å². The monoisotopic (exact) mass is 329 g/mol. The number of aryl methyl sites for hydroxylation is 2. The summed E-state index contributed by atoms with van der Waals surface area (Å²) in [6.07, 6.45) is 1.06. The SMILES string of the molecule is CNC(Cc1ccc(Br)s1)c1cc(C)c(C)s1. The van der Waals surface area contributed by atoms with Gasteiger partial charge in [0.05, 0.1) is 3.79 Å². The van der Waals surface area contributed by atoms with Crippen molar-refractivity contribution in [2.45, 2.75) is 26.3 Å². The van der Waals surface area contributed by atoms with Crippen molar-refractivity contribution in [3.63, 3.8) is 0 Å². The molecule has 2 rings (SSSR count). The Bertz CT molecular complexity index is 482. The van der Waals surface area contributed by atoms with Crippen molar-refractivity contribution >= 4 is 38.6 Å².